The highest BCUT2D eigenvalue weighted by Gasteiger charge is 2.15. The van der Waals surface area contributed by atoms with Gasteiger partial charge in [0.1, 0.15) is 6.10 Å². The summed E-state index contributed by atoms with van der Waals surface area (Å²) in [7, 11) is 1.90. The highest BCUT2D eigenvalue weighted by Crippen LogP contribution is 2.18. The van der Waals surface area contributed by atoms with Gasteiger partial charge in [0.2, 0.25) is 0 Å². The lowest BCUT2D eigenvalue weighted by Gasteiger charge is -2.19. The SMILES string of the molecule is CCCCCCCC(CCCCCCC)OC(=O)CCCC(CCCC(=O)O)NC. The van der Waals surface area contributed by atoms with Gasteiger partial charge in [0.05, 0.1) is 0 Å². The molecular formula is C25H49NO4. The molecule has 0 bridgehead atoms. The summed E-state index contributed by atoms with van der Waals surface area (Å²) < 4.78 is 5.85. The van der Waals surface area contributed by atoms with Crippen LogP contribution < -0.4 is 5.32 Å². The van der Waals surface area contributed by atoms with Crippen molar-refractivity contribution < 1.29 is 19.4 Å². The molecule has 178 valence electrons. The maximum Gasteiger partial charge on any atom is 0.306 e. The Hall–Kier alpha value is -1.10. The van der Waals surface area contributed by atoms with Gasteiger partial charge in [-0.05, 0) is 58.4 Å². The number of unbranched alkanes of at least 4 members (excludes halogenated alkanes) is 8. The smallest absolute Gasteiger partial charge is 0.306 e. The number of carboxylic acids is 1. The van der Waals surface area contributed by atoms with Crippen molar-refractivity contribution in [3.8, 4) is 0 Å². The van der Waals surface area contributed by atoms with E-state index in [1.807, 2.05) is 7.05 Å². The molecule has 0 aliphatic heterocycles. The van der Waals surface area contributed by atoms with E-state index in [1.165, 1.54) is 51.4 Å². The Balaban J connectivity index is 4.19. The third-order valence-electron chi connectivity index (χ3n) is 5.84. The van der Waals surface area contributed by atoms with E-state index in [0.29, 0.717) is 12.8 Å². The fourth-order valence-electron chi connectivity index (χ4n) is 3.88. The number of carbonyl (C=O) groups is 2. The zero-order valence-corrected chi connectivity index (χ0v) is 20.1. The molecule has 0 aliphatic rings. The molecule has 0 fully saturated rings. The van der Waals surface area contributed by atoms with Gasteiger partial charge in [-0.25, -0.2) is 0 Å². The van der Waals surface area contributed by atoms with Crippen molar-refractivity contribution in [2.24, 2.45) is 0 Å². The van der Waals surface area contributed by atoms with E-state index >= 15 is 0 Å². The first kappa shape index (κ1) is 28.9. The molecule has 0 aromatic heterocycles. The van der Waals surface area contributed by atoms with Crippen LogP contribution in [0.25, 0.3) is 0 Å². The normalized spacial score (nSPS) is 12.3. The number of hydrogen-bond donors (Lipinski definition) is 2. The molecular weight excluding hydrogens is 378 g/mol. The Morgan fingerprint density at radius 1 is 0.733 bits per heavy atom. The van der Waals surface area contributed by atoms with Crippen LogP contribution in [0.1, 0.15) is 129 Å². The first-order valence-corrected chi connectivity index (χ1v) is 12.6. The lowest BCUT2D eigenvalue weighted by Crippen LogP contribution is -2.25. The maximum absolute atomic E-state index is 12.4. The molecule has 30 heavy (non-hydrogen) atoms. The Labute approximate surface area is 185 Å². The van der Waals surface area contributed by atoms with Crippen LogP contribution >= 0.6 is 0 Å². The van der Waals surface area contributed by atoms with Gasteiger partial charge in [0, 0.05) is 18.9 Å². The number of nitrogens with one attached hydrogen (secondary N) is 1. The molecule has 0 aromatic rings. The van der Waals surface area contributed by atoms with Crippen molar-refractivity contribution >= 4 is 11.9 Å². The predicted molar refractivity (Wildman–Crippen MR) is 125 cm³/mol. The van der Waals surface area contributed by atoms with Crippen LogP contribution in [0.3, 0.4) is 0 Å². The molecule has 5 heteroatoms. The summed E-state index contributed by atoms with van der Waals surface area (Å²) in [6.07, 6.45) is 18.3. The molecule has 1 unspecified atom stereocenters. The van der Waals surface area contributed by atoms with Gasteiger partial charge in [-0.2, -0.15) is 0 Å². The van der Waals surface area contributed by atoms with E-state index in [0.717, 1.165) is 44.9 Å². The van der Waals surface area contributed by atoms with Gasteiger partial charge in [-0.3, -0.25) is 9.59 Å². The first-order valence-electron chi connectivity index (χ1n) is 12.6. The molecule has 0 amide bonds. The van der Waals surface area contributed by atoms with Gasteiger partial charge in [-0.15, -0.1) is 0 Å². The van der Waals surface area contributed by atoms with E-state index in [-0.39, 0.29) is 24.5 Å². The van der Waals surface area contributed by atoms with Gasteiger partial charge < -0.3 is 15.2 Å². The van der Waals surface area contributed by atoms with Crippen LogP contribution in [0.15, 0.2) is 0 Å². The van der Waals surface area contributed by atoms with Gasteiger partial charge in [-0.1, -0.05) is 65.2 Å². The van der Waals surface area contributed by atoms with Gasteiger partial charge in [0.25, 0.3) is 0 Å². The van der Waals surface area contributed by atoms with E-state index in [9.17, 15) is 9.59 Å². The molecule has 1 atom stereocenters. The van der Waals surface area contributed by atoms with Crippen LogP contribution in [0, 0.1) is 0 Å². The molecule has 0 saturated heterocycles. The van der Waals surface area contributed by atoms with E-state index in [1.54, 1.807) is 0 Å². The summed E-state index contributed by atoms with van der Waals surface area (Å²) >= 11 is 0. The Bertz CT molecular complexity index is 400. The Kier molecular flexibility index (Phi) is 20.4. The third kappa shape index (κ3) is 18.9. The van der Waals surface area contributed by atoms with Gasteiger partial charge >= 0.3 is 11.9 Å². The Morgan fingerprint density at radius 3 is 1.70 bits per heavy atom. The highest BCUT2D eigenvalue weighted by atomic mass is 16.5. The summed E-state index contributed by atoms with van der Waals surface area (Å²) in [5.41, 5.74) is 0. The van der Waals surface area contributed by atoms with Crippen molar-refractivity contribution in [1.29, 1.82) is 0 Å². The van der Waals surface area contributed by atoms with Crippen molar-refractivity contribution in [3.63, 3.8) is 0 Å². The molecule has 0 heterocycles. The number of carboxylic acid groups (broad SMARTS) is 1. The third-order valence-corrected chi connectivity index (χ3v) is 5.84. The van der Waals surface area contributed by atoms with Crippen molar-refractivity contribution in [2.45, 2.75) is 142 Å². The number of hydrogen-bond acceptors (Lipinski definition) is 4. The topological polar surface area (TPSA) is 75.6 Å². The molecule has 5 nitrogen and oxygen atoms in total. The van der Waals surface area contributed by atoms with Crippen LogP contribution in [-0.2, 0) is 14.3 Å². The second kappa shape index (κ2) is 21.1. The lowest BCUT2D eigenvalue weighted by molar-refractivity contribution is -0.150. The summed E-state index contributed by atoms with van der Waals surface area (Å²) in [5.74, 6) is -0.814. The standard InChI is InChI=1S/C25H49NO4/c1-4-6-8-10-12-18-23(19-13-11-9-7-5-2)30-25(29)21-15-17-22(26-3)16-14-20-24(27)28/h22-23,26H,4-21H2,1-3H3,(H,27,28). The summed E-state index contributed by atoms with van der Waals surface area (Å²) in [5, 5.41) is 12.0. The fourth-order valence-corrected chi connectivity index (χ4v) is 3.88. The molecule has 0 radical (unpaired) electrons. The fraction of sp³-hybridized carbons (Fsp3) is 0.920. The van der Waals surface area contributed by atoms with E-state index < -0.39 is 5.97 Å². The largest absolute Gasteiger partial charge is 0.481 e. The minimum absolute atomic E-state index is 0.0671. The lowest BCUT2D eigenvalue weighted by atomic mass is 10.0. The summed E-state index contributed by atoms with van der Waals surface area (Å²) in [6.45, 7) is 4.46. The quantitative estimate of drug-likeness (QED) is 0.150. The number of ether oxygens (including phenoxy) is 1. The average Bonchev–Trinajstić information content (AvgIpc) is 2.71. The highest BCUT2D eigenvalue weighted by molar-refractivity contribution is 5.69. The molecule has 0 rings (SSSR count). The van der Waals surface area contributed by atoms with E-state index in [2.05, 4.69) is 19.2 Å². The second-order valence-corrected chi connectivity index (χ2v) is 8.68. The second-order valence-electron chi connectivity index (χ2n) is 8.68. The van der Waals surface area contributed by atoms with Crippen molar-refractivity contribution in [1.82, 2.24) is 5.32 Å². The van der Waals surface area contributed by atoms with Crippen LogP contribution in [-0.4, -0.2) is 36.2 Å². The summed E-state index contributed by atoms with van der Waals surface area (Å²) in [6, 6.07) is 0.269. The maximum atomic E-state index is 12.4. The van der Waals surface area contributed by atoms with Gasteiger partial charge in [0.15, 0.2) is 0 Å². The summed E-state index contributed by atoms with van der Waals surface area (Å²) in [4.78, 5) is 23.0. The minimum Gasteiger partial charge on any atom is -0.481 e. The molecule has 2 N–H and O–H groups in total. The van der Waals surface area contributed by atoms with E-state index in [4.69, 9.17) is 9.84 Å². The number of aliphatic carboxylic acids is 1. The zero-order chi connectivity index (χ0) is 22.5. The van der Waals surface area contributed by atoms with Crippen LogP contribution in [0.4, 0.5) is 0 Å². The number of rotatable bonds is 22. The molecule has 0 spiro atoms. The zero-order valence-electron chi connectivity index (χ0n) is 20.1. The average molecular weight is 428 g/mol. The molecule has 0 aliphatic carbocycles. The van der Waals surface area contributed by atoms with Crippen molar-refractivity contribution in [2.75, 3.05) is 7.05 Å². The minimum atomic E-state index is -0.746. The van der Waals surface area contributed by atoms with Crippen LogP contribution in [0.5, 0.6) is 0 Å². The van der Waals surface area contributed by atoms with Crippen LogP contribution in [0.2, 0.25) is 0 Å². The predicted octanol–water partition coefficient (Wildman–Crippen LogP) is 6.63. The monoisotopic (exact) mass is 427 g/mol. The first-order chi connectivity index (χ1) is 14.5. The molecule has 0 aromatic carbocycles. The Morgan fingerprint density at radius 2 is 1.23 bits per heavy atom. The number of carbonyl (C=O) groups excluding carboxylic acids is 1. The molecule has 0 saturated carbocycles. The van der Waals surface area contributed by atoms with Crippen molar-refractivity contribution in [3.05, 3.63) is 0 Å². The number of esters is 1.